The number of nitrogens with one attached hydrogen (secondary N) is 1. The van der Waals surface area contributed by atoms with Gasteiger partial charge in [0.05, 0.1) is 0 Å². The van der Waals surface area contributed by atoms with Crippen molar-refractivity contribution in [3.8, 4) is 0 Å². The summed E-state index contributed by atoms with van der Waals surface area (Å²) in [5.74, 6) is 0.685. The molecule has 120 valence electrons. The van der Waals surface area contributed by atoms with Crippen LogP contribution in [0.1, 0.15) is 52.7 Å². The van der Waals surface area contributed by atoms with E-state index in [0.717, 1.165) is 13.1 Å². The average Bonchev–Trinajstić information content (AvgIpc) is 2.35. The van der Waals surface area contributed by atoms with E-state index < -0.39 is 0 Å². The second-order valence-corrected chi connectivity index (χ2v) is 7.81. The van der Waals surface area contributed by atoms with Crippen molar-refractivity contribution in [1.29, 1.82) is 0 Å². The molecule has 2 nitrogen and oxygen atoms in total. The van der Waals surface area contributed by atoms with E-state index in [4.69, 9.17) is 0 Å². The molecule has 1 N–H and O–H groups in total. The van der Waals surface area contributed by atoms with Gasteiger partial charge in [-0.1, -0.05) is 52.3 Å². The Hall–Kier alpha value is -1.02. The molecule has 0 aliphatic carbocycles. The van der Waals surface area contributed by atoms with Crippen LogP contribution < -0.4 is 10.2 Å². The molecule has 0 aliphatic rings. The van der Waals surface area contributed by atoms with Crippen molar-refractivity contribution < 1.29 is 0 Å². The van der Waals surface area contributed by atoms with Gasteiger partial charge in [-0.2, -0.15) is 0 Å². The highest BCUT2D eigenvalue weighted by atomic mass is 15.1. The van der Waals surface area contributed by atoms with Crippen molar-refractivity contribution in [2.24, 2.45) is 11.3 Å². The summed E-state index contributed by atoms with van der Waals surface area (Å²) in [6, 6.07) is 7.29. The number of anilines is 1. The van der Waals surface area contributed by atoms with Crippen LogP contribution in [0.15, 0.2) is 18.2 Å². The summed E-state index contributed by atoms with van der Waals surface area (Å²) in [6.45, 7) is 17.9. The molecule has 0 radical (unpaired) electrons. The van der Waals surface area contributed by atoms with Gasteiger partial charge < -0.3 is 10.2 Å². The first-order chi connectivity index (χ1) is 9.62. The van der Waals surface area contributed by atoms with Gasteiger partial charge in [-0.15, -0.1) is 0 Å². The lowest BCUT2D eigenvalue weighted by Gasteiger charge is -2.38. The van der Waals surface area contributed by atoms with Crippen molar-refractivity contribution in [3.05, 3.63) is 29.3 Å². The first-order valence-electron chi connectivity index (χ1n) is 8.16. The minimum absolute atomic E-state index is 0.266. The maximum atomic E-state index is 3.57. The van der Waals surface area contributed by atoms with Crippen LogP contribution in [-0.4, -0.2) is 19.6 Å². The largest absolute Gasteiger partial charge is 0.371 e. The first kappa shape index (κ1) is 18.0. The van der Waals surface area contributed by atoms with Crippen molar-refractivity contribution in [1.82, 2.24) is 5.32 Å². The summed E-state index contributed by atoms with van der Waals surface area (Å²) in [5, 5.41) is 3.57. The lowest BCUT2D eigenvalue weighted by Crippen LogP contribution is -2.40. The van der Waals surface area contributed by atoms with Crippen molar-refractivity contribution >= 4 is 5.69 Å². The van der Waals surface area contributed by atoms with Gasteiger partial charge >= 0.3 is 0 Å². The van der Waals surface area contributed by atoms with Crippen LogP contribution in [0.5, 0.6) is 0 Å². The Morgan fingerprint density at radius 2 is 1.76 bits per heavy atom. The molecule has 1 atom stereocenters. The SMILES string of the molecule is Cc1ccc(N(C)C(C)C(C)(C)C)c(CNCC(C)C)c1. The quantitative estimate of drug-likeness (QED) is 0.823. The summed E-state index contributed by atoms with van der Waals surface area (Å²) in [4.78, 5) is 2.42. The molecule has 0 aliphatic heterocycles. The molecule has 21 heavy (non-hydrogen) atoms. The molecule has 1 rings (SSSR count). The zero-order valence-electron chi connectivity index (χ0n) is 15.2. The van der Waals surface area contributed by atoms with E-state index in [1.165, 1.54) is 16.8 Å². The second kappa shape index (κ2) is 7.31. The lowest BCUT2D eigenvalue weighted by atomic mass is 9.86. The monoisotopic (exact) mass is 290 g/mol. The van der Waals surface area contributed by atoms with Gasteiger partial charge in [-0.25, -0.2) is 0 Å². The number of benzene rings is 1. The minimum atomic E-state index is 0.266. The van der Waals surface area contributed by atoms with Crippen molar-refractivity contribution in [2.45, 2.75) is 61.1 Å². The zero-order valence-corrected chi connectivity index (χ0v) is 15.2. The Morgan fingerprint density at radius 3 is 2.29 bits per heavy atom. The van der Waals surface area contributed by atoms with Gasteiger partial charge in [0.2, 0.25) is 0 Å². The van der Waals surface area contributed by atoms with Crippen LogP contribution in [-0.2, 0) is 6.54 Å². The molecule has 0 spiro atoms. The third kappa shape index (κ3) is 5.35. The molecule has 0 saturated carbocycles. The van der Waals surface area contributed by atoms with E-state index in [0.29, 0.717) is 12.0 Å². The molecule has 0 heterocycles. The minimum Gasteiger partial charge on any atom is -0.371 e. The van der Waals surface area contributed by atoms with Crippen molar-refractivity contribution in [3.63, 3.8) is 0 Å². The molecular weight excluding hydrogens is 256 g/mol. The van der Waals surface area contributed by atoms with E-state index in [1.54, 1.807) is 0 Å². The Morgan fingerprint density at radius 1 is 1.14 bits per heavy atom. The number of hydrogen-bond donors (Lipinski definition) is 1. The second-order valence-electron chi connectivity index (χ2n) is 7.81. The third-order valence-electron chi connectivity index (χ3n) is 4.32. The van der Waals surface area contributed by atoms with Gasteiger partial charge in [0.1, 0.15) is 0 Å². The lowest BCUT2D eigenvalue weighted by molar-refractivity contribution is 0.329. The van der Waals surface area contributed by atoms with Crippen LogP contribution in [0.2, 0.25) is 0 Å². The predicted octanol–water partition coefficient (Wildman–Crippen LogP) is 4.61. The first-order valence-corrected chi connectivity index (χ1v) is 8.16. The van der Waals surface area contributed by atoms with Crippen LogP contribution in [0.4, 0.5) is 5.69 Å². The Labute approximate surface area is 131 Å². The summed E-state index contributed by atoms with van der Waals surface area (Å²) in [6.07, 6.45) is 0. The normalized spacial score (nSPS) is 13.6. The van der Waals surface area contributed by atoms with Gasteiger partial charge in [-0.3, -0.25) is 0 Å². The smallest absolute Gasteiger partial charge is 0.0412 e. The van der Waals surface area contributed by atoms with E-state index >= 15 is 0 Å². The summed E-state index contributed by atoms with van der Waals surface area (Å²) < 4.78 is 0. The Kier molecular flexibility index (Phi) is 6.27. The van der Waals surface area contributed by atoms with Gasteiger partial charge in [0.15, 0.2) is 0 Å². The highest BCUT2D eigenvalue weighted by molar-refractivity contribution is 5.55. The number of rotatable bonds is 6. The fourth-order valence-electron chi connectivity index (χ4n) is 2.49. The van der Waals surface area contributed by atoms with Crippen LogP contribution in [0.25, 0.3) is 0 Å². The van der Waals surface area contributed by atoms with Gasteiger partial charge in [0.25, 0.3) is 0 Å². The fraction of sp³-hybridized carbons (Fsp3) is 0.684. The zero-order chi connectivity index (χ0) is 16.2. The van der Waals surface area contributed by atoms with Crippen LogP contribution in [0.3, 0.4) is 0 Å². The van der Waals surface area contributed by atoms with E-state index in [2.05, 4.69) is 83.9 Å². The van der Waals surface area contributed by atoms with Crippen LogP contribution in [0, 0.1) is 18.3 Å². The molecule has 1 unspecified atom stereocenters. The van der Waals surface area contributed by atoms with Gasteiger partial charge in [0, 0.05) is 25.3 Å². The van der Waals surface area contributed by atoms with Gasteiger partial charge in [-0.05, 0) is 43.4 Å². The highest BCUT2D eigenvalue weighted by Crippen LogP contribution is 2.30. The predicted molar refractivity (Wildman–Crippen MR) is 95.0 cm³/mol. The molecule has 1 aromatic rings. The topological polar surface area (TPSA) is 15.3 Å². The number of nitrogens with zero attached hydrogens (tertiary/aromatic N) is 1. The van der Waals surface area contributed by atoms with E-state index in [9.17, 15) is 0 Å². The summed E-state index contributed by atoms with van der Waals surface area (Å²) in [7, 11) is 2.21. The standard InChI is InChI=1S/C19H34N2/c1-14(2)12-20-13-17-11-15(3)9-10-18(17)21(8)16(4)19(5,6)7/h9-11,14,16,20H,12-13H2,1-8H3. The van der Waals surface area contributed by atoms with E-state index in [1.807, 2.05) is 0 Å². The third-order valence-corrected chi connectivity index (χ3v) is 4.32. The maximum absolute atomic E-state index is 3.57. The molecule has 0 bridgehead atoms. The Bertz CT molecular complexity index is 443. The number of hydrogen-bond acceptors (Lipinski definition) is 2. The Balaban J connectivity index is 2.95. The summed E-state index contributed by atoms with van der Waals surface area (Å²) >= 11 is 0. The molecule has 0 fully saturated rings. The maximum Gasteiger partial charge on any atom is 0.0412 e. The van der Waals surface area contributed by atoms with Crippen LogP contribution >= 0.6 is 0 Å². The fourth-order valence-corrected chi connectivity index (χ4v) is 2.49. The molecule has 1 aromatic carbocycles. The molecule has 0 saturated heterocycles. The summed E-state index contributed by atoms with van der Waals surface area (Å²) in [5.41, 5.74) is 4.34. The molecule has 0 amide bonds. The molecule has 0 aromatic heterocycles. The highest BCUT2D eigenvalue weighted by Gasteiger charge is 2.25. The average molecular weight is 290 g/mol. The molecular formula is C19H34N2. The van der Waals surface area contributed by atoms with Crippen molar-refractivity contribution in [2.75, 3.05) is 18.5 Å². The van der Waals surface area contributed by atoms with E-state index in [-0.39, 0.29) is 5.41 Å². The number of aryl methyl sites for hydroxylation is 1. The molecule has 2 heteroatoms.